The van der Waals surface area contributed by atoms with E-state index in [0.717, 1.165) is 29.3 Å². The Hall–Kier alpha value is -2.35. The minimum Gasteiger partial charge on any atom is -0.343 e. The fraction of sp³-hybridized carbons (Fsp3) is 0.167. The van der Waals surface area contributed by atoms with Crippen molar-refractivity contribution in [3.8, 4) is 0 Å². The molecule has 1 heterocycles. The van der Waals surface area contributed by atoms with E-state index in [0.29, 0.717) is 0 Å². The van der Waals surface area contributed by atoms with E-state index in [9.17, 15) is 4.79 Å². The second-order valence-electron chi connectivity index (χ2n) is 5.31. The van der Waals surface area contributed by atoms with Crippen LogP contribution in [0.1, 0.15) is 27.0 Å². The summed E-state index contributed by atoms with van der Waals surface area (Å²) in [7, 11) is 0. The first kappa shape index (κ1) is 12.7. The summed E-state index contributed by atoms with van der Waals surface area (Å²) < 4.78 is 2.23. The van der Waals surface area contributed by atoms with E-state index in [1.165, 1.54) is 16.7 Å². The SMILES string of the molecule is Cc1ccc(C)c(Cn2ccc3cc(C=O)ccc32)c1. The molecule has 0 amide bonds. The number of nitrogens with zero attached hydrogens (tertiary/aromatic N) is 1. The second-order valence-corrected chi connectivity index (χ2v) is 5.31. The van der Waals surface area contributed by atoms with Gasteiger partial charge in [0.05, 0.1) is 0 Å². The van der Waals surface area contributed by atoms with E-state index >= 15 is 0 Å². The maximum Gasteiger partial charge on any atom is 0.150 e. The van der Waals surface area contributed by atoms with Crippen LogP contribution in [0.5, 0.6) is 0 Å². The summed E-state index contributed by atoms with van der Waals surface area (Å²) in [4.78, 5) is 10.8. The van der Waals surface area contributed by atoms with Gasteiger partial charge in [0, 0.05) is 29.2 Å². The topological polar surface area (TPSA) is 22.0 Å². The predicted molar refractivity (Wildman–Crippen MR) is 82.3 cm³/mol. The Morgan fingerprint density at radius 1 is 1.05 bits per heavy atom. The molecule has 2 heteroatoms. The van der Waals surface area contributed by atoms with Crippen molar-refractivity contribution in [3.63, 3.8) is 0 Å². The van der Waals surface area contributed by atoms with Crippen molar-refractivity contribution < 1.29 is 4.79 Å². The Morgan fingerprint density at radius 3 is 2.70 bits per heavy atom. The van der Waals surface area contributed by atoms with Gasteiger partial charge in [0.15, 0.2) is 0 Å². The Bertz CT molecular complexity index is 783. The molecule has 0 radical (unpaired) electrons. The molecule has 3 aromatic rings. The smallest absolute Gasteiger partial charge is 0.150 e. The van der Waals surface area contributed by atoms with Gasteiger partial charge < -0.3 is 4.57 Å². The normalized spacial score (nSPS) is 10.9. The zero-order valence-corrected chi connectivity index (χ0v) is 11.8. The highest BCUT2D eigenvalue weighted by Gasteiger charge is 2.05. The lowest BCUT2D eigenvalue weighted by Gasteiger charge is -2.10. The fourth-order valence-electron chi connectivity index (χ4n) is 2.58. The molecule has 20 heavy (non-hydrogen) atoms. The standard InChI is InChI=1S/C18H17NO/c1-13-3-4-14(2)17(9-13)11-19-8-7-16-10-15(12-20)5-6-18(16)19/h3-10,12H,11H2,1-2H3. The summed E-state index contributed by atoms with van der Waals surface area (Å²) in [6.07, 6.45) is 2.97. The van der Waals surface area contributed by atoms with Gasteiger partial charge in [0.25, 0.3) is 0 Å². The highest BCUT2D eigenvalue weighted by atomic mass is 16.1. The molecule has 0 saturated carbocycles. The van der Waals surface area contributed by atoms with E-state index in [1.807, 2.05) is 18.2 Å². The summed E-state index contributed by atoms with van der Waals surface area (Å²) in [5.41, 5.74) is 5.81. The molecule has 0 unspecified atom stereocenters. The number of fused-ring (bicyclic) bond motifs is 1. The number of hydrogen-bond acceptors (Lipinski definition) is 1. The van der Waals surface area contributed by atoms with Crippen LogP contribution < -0.4 is 0 Å². The van der Waals surface area contributed by atoms with E-state index in [-0.39, 0.29) is 0 Å². The highest BCUT2D eigenvalue weighted by molar-refractivity contribution is 5.87. The molecule has 0 N–H and O–H groups in total. The van der Waals surface area contributed by atoms with Gasteiger partial charge in [-0.05, 0) is 49.2 Å². The third-order valence-corrected chi connectivity index (χ3v) is 3.78. The largest absolute Gasteiger partial charge is 0.343 e. The maximum atomic E-state index is 10.8. The molecule has 0 fully saturated rings. The van der Waals surface area contributed by atoms with Gasteiger partial charge >= 0.3 is 0 Å². The molecule has 2 aromatic carbocycles. The molecule has 0 aliphatic heterocycles. The lowest BCUT2D eigenvalue weighted by atomic mass is 10.1. The van der Waals surface area contributed by atoms with Crippen molar-refractivity contribution >= 4 is 17.2 Å². The van der Waals surface area contributed by atoms with Crippen molar-refractivity contribution in [2.24, 2.45) is 0 Å². The molecule has 0 bridgehead atoms. The monoisotopic (exact) mass is 263 g/mol. The van der Waals surface area contributed by atoms with Crippen LogP contribution in [-0.4, -0.2) is 10.9 Å². The quantitative estimate of drug-likeness (QED) is 0.651. The van der Waals surface area contributed by atoms with Gasteiger partial charge in [0.2, 0.25) is 0 Å². The lowest BCUT2D eigenvalue weighted by Crippen LogP contribution is -2.00. The van der Waals surface area contributed by atoms with Crippen LogP contribution in [-0.2, 0) is 6.54 Å². The summed E-state index contributed by atoms with van der Waals surface area (Å²) in [6, 6.07) is 14.4. The first-order valence-electron chi connectivity index (χ1n) is 6.77. The third kappa shape index (κ3) is 2.25. The number of hydrogen-bond donors (Lipinski definition) is 0. The van der Waals surface area contributed by atoms with Crippen molar-refractivity contribution in [2.75, 3.05) is 0 Å². The minimum absolute atomic E-state index is 0.724. The fourth-order valence-corrected chi connectivity index (χ4v) is 2.58. The average molecular weight is 263 g/mol. The van der Waals surface area contributed by atoms with Crippen molar-refractivity contribution in [1.82, 2.24) is 4.57 Å². The lowest BCUT2D eigenvalue weighted by molar-refractivity contribution is 0.112. The maximum absolute atomic E-state index is 10.8. The van der Waals surface area contributed by atoms with Gasteiger partial charge in [-0.2, -0.15) is 0 Å². The summed E-state index contributed by atoms with van der Waals surface area (Å²) in [5.74, 6) is 0. The van der Waals surface area contributed by atoms with Crippen LogP contribution in [0.3, 0.4) is 0 Å². The second kappa shape index (κ2) is 4.97. The Balaban J connectivity index is 2.02. The number of aryl methyl sites for hydroxylation is 2. The zero-order valence-electron chi connectivity index (χ0n) is 11.8. The van der Waals surface area contributed by atoms with E-state index in [4.69, 9.17) is 0 Å². The number of carbonyl (C=O) groups excluding carboxylic acids is 1. The van der Waals surface area contributed by atoms with Gasteiger partial charge in [-0.1, -0.05) is 23.8 Å². The molecule has 3 rings (SSSR count). The van der Waals surface area contributed by atoms with Crippen LogP contribution in [0.25, 0.3) is 10.9 Å². The van der Waals surface area contributed by atoms with Crippen LogP contribution in [0.4, 0.5) is 0 Å². The highest BCUT2D eigenvalue weighted by Crippen LogP contribution is 2.20. The summed E-state index contributed by atoms with van der Waals surface area (Å²) in [6.45, 7) is 5.12. The molecule has 100 valence electrons. The van der Waals surface area contributed by atoms with Crippen LogP contribution >= 0.6 is 0 Å². The third-order valence-electron chi connectivity index (χ3n) is 3.78. The molecular weight excluding hydrogens is 246 g/mol. The van der Waals surface area contributed by atoms with E-state index < -0.39 is 0 Å². The average Bonchev–Trinajstić information content (AvgIpc) is 2.85. The molecule has 0 saturated heterocycles. The number of benzene rings is 2. The van der Waals surface area contributed by atoms with Crippen LogP contribution in [0, 0.1) is 13.8 Å². The zero-order chi connectivity index (χ0) is 14.1. The van der Waals surface area contributed by atoms with Crippen LogP contribution in [0.15, 0.2) is 48.7 Å². The van der Waals surface area contributed by atoms with Gasteiger partial charge in [-0.15, -0.1) is 0 Å². The Labute approximate surface area is 118 Å². The van der Waals surface area contributed by atoms with Crippen molar-refractivity contribution in [1.29, 1.82) is 0 Å². The number of carbonyl (C=O) groups is 1. The Kier molecular flexibility index (Phi) is 3.15. The Morgan fingerprint density at radius 2 is 1.90 bits per heavy atom. The molecule has 0 aliphatic rings. The van der Waals surface area contributed by atoms with Gasteiger partial charge in [0.1, 0.15) is 6.29 Å². The molecule has 0 aliphatic carbocycles. The number of aldehydes is 1. The number of rotatable bonds is 3. The molecule has 0 atom stereocenters. The summed E-state index contributed by atoms with van der Waals surface area (Å²) >= 11 is 0. The minimum atomic E-state index is 0.724. The van der Waals surface area contributed by atoms with E-state index in [2.05, 4.69) is 48.9 Å². The van der Waals surface area contributed by atoms with Gasteiger partial charge in [-0.3, -0.25) is 4.79 Å². The first-order chi connectivity index (χ1) is 9.67. The van der Waals surface area contributed by atoms with Crippen LogP contribution in [0.2, 0.25) is 0 Å². The van der Waals surface area contributed by atoms with Gasteiger partial charge in [-0.25, -0.2) is 0 Å². The van der Waals surface area contributed by atoms with E-state index in [1.54, 1.807) is 0 Å². The molecule has 0 spiro atoms. The molecular formula is C18H17NO. The first-order valence-corrected chi connectivity index (χ1v) is 6.77. The van der Waals surface area contributed by atoms with Crippen molar-refractivity contribution in [3.05, 3.63) is 70.9 Å². The summed E-state index contributed by atoms with van der Waals surface area (Å²) in [5, 5.41) is 1.11. The molecule has 1 aromatic heterocycles. The number of aromatic nitrogens is 1. The predicted octanol–water partition coefficient (Wildman–Crippen LogP) is 4.12. The molecule has 2 nitrogen and oxygen atoms in total. The van der Waals surface area contributed by atoms with Crippen molar-refractivity contribution in [2.45, 2.75) is 20.4 Å².